The van der Waals surface area contributed by atoms with Crippen LogP contribution in [0.2, 0.25) is 0 Å². The van der Waals surface area contributed by atoms with Gasteiger partial charge < -0.3 is 9.80 Å². The van der Waals surface area contributed by atoms with E-state index in [1.165, 1.54) is 0 Å². The molecule has 0 N–H and O–H groups in total. The van der Waals surface area contributed by atoms with Crippen molar-refractivity contribution in [3.05, 3.63) is 29.3 Å². The molecule has 1 aromatic carbocycles. The Labute approximate surface area is 107 Å². The first kappa shape index (κ1) is 12.6. The van der Waals surface area contributed by atoms with Gasteiger partial charge in [0, 0.05) is 31.9 Å². The molecule has 4 heteroatoms. The predicted octanol–water partition coefficient (Wildman–Crippen LogP) is 1.69. The van der Waals surface area contributed by atoms with Crippen LogP contribution in [0, 0.1) is 0 Å². The van der Waals surface area contributed by atoms with Gasteiger partial charge in [-0.05, 0) is 30.2 Å². The lowest BCUT2D eigenvalue weighted by Crippen LogP contribution is -2.27. The summed E-state index contributed by atoms with van der Waals surface area (Å²) in [6, 6.07) is 5.51. The van der Waals surface area contributed by atoms with Crippen molar-refractivity contribution >= 4 is 17.5 Å². The fourth-order valence-corrected chi connectivity index (χ4v) is 2.24. The topological polar surface area (TPSA) is 40.6 Å². The molecular formula is C14H18N2O2. The normalized spacial score (nSPS) is 13.7. The number of benzene rings is 1. The zero-order chi connectivity index (χ0) is 13.3. The second-order valence-electron chi connectivity index (χ2n) is 4.77. The number of fused-ring (bicyclic) bond motifs is 1. The van der Waals surface area contributed by atoms with Crippen LogP contribution in [0.15, 0.2) is 18.2 Å². The van der Waals surface area contributed by atoms with Crippen molar-refractivity contribution in [1.82, 2.24) is 4.90 Å². The van der Waals surface area contributed by atoms with E-state index in [0.29, 0.717) is 12.0 Å². The summed E-state index contributed by atoms with van der Waals surface area (Å²) in [4.78, 5) is 27.1. The van der Waals surface area contributed by atoms with Gasteiger partial charge in [-0.25, -0.2) is 0 Å². The van der Waals surface area contributed by atoms with Crippen molar-refractivity contribution in [3.8, 4) is 0 Å². The summed E-state index contributed by atoms with van der Waals surface area (Å²) in [5.41, 5.74) is 2.56. The third-order valence-corrected chi connectivity index (χ3v) is 3.11. The number of nitrogens with zero attached hydrogens (tertiary/aromatic N) is 2. The summed E-state index contributed by atoms with van der Waals surface area (Å²) in [5, 5.41) is 0. The molecule has 0 spiro atoms. The number of anilines is 1. The summed E-state index contributed by atoms with van der Waals surface area (Å²) in [6.45, 7) is 2.79. The molecular weight excluding hydrogens is 228 g/mol. The minimum atomic E-state index is -0.0285. The number of carbonyl (C=O) groups excluding carboxylic acids is 2. The molecule has 2 rings (SSSR count). The van der Waals surface area contributed by atoms with Crippen LogP contribution >= 0.6 is 0 Å². The standard InChI is InChI=1S/C14H18N2O2/c1-4-7-16-12-6-5-10(14(18)15(2)3)8-11(12)9-13(16)17/h5-6,8H,4,7,9H2,1-3H3. The zero-order valence-electron chi connectivity index (χ0n) is 11.1. The van der Waals surface area contributed by atoms with E-state index < -0.39 is 0 Å². The van der Waals surface area contributed by atoms with Gasteiger partial charge >= 0.3 is 0 Å². The second kappa shape index (κ2) is 4.80. The molecule has 1 aliphatic heterocycles. The molecule has 0 saturated carbocycles. The summed E-state index contributed by atoms with van der Waals surface area (Å²) >= 11 is 0. The first-order valence-corrected chi connectivity index (χ1v) is 6.19. The van der Waals surface area contributed by atoms with Crippen LogP contribution in [0.1, 0.15) is 29.3 Å². The van der Waals surface area contributed by atoms with E-state index in [2.05, 4.69) is 6.92 Å². The minimum absolute atomic E-state index is 0.0285. The molecule has 4 nitrogen and oxygen atoms in total. The van der Waals surface area contributed by atoms with Crippen LogP contribution in [-0.2, 0) is 11.2 Å². The van der Waals surface area contributed by atoms with Crippen molar-refractivity contribution in [2.24, 2.45) is 0 Å². The van der Waals surface area contributed by atoms with Gasteiger partial charge in [-0.3, -0.25) is 9.59 Å². The number of carbonyl (C=O) groups is 2. The number of hydrogen-bond donors (Lipinski definition) is 0. The Morgan fingerprint density at radius 3 is 2.72 bits per heavy atom. The highest BCUT2D eigenvalue weighted by molar-refractivity contribution is 6.03. The lowest BCUT2D eigenvalue weighted by Gasteiger charge is -2.17. The molecule has 1 heterocycles. The van der Waals surface area contributed by atoms with Gasteiger partial charge in [0.15, 0.2) is 0 Å². The van der Waals surface area contributed by atoms with Gasteiger partial charge in [0.1, 0.15) is 0 Å². The molecule has 0 bridgehead atoms. The number of rotatable bonds is 3. The van der Waals surface area contributed by atoms with E-state index in [0.717, 1.165) is 24.2 Å². The minimum Gasteiger partial charge on any atom is -0.345 e. The van der Waals surface area contributed by atoms with E-state index >= 15 is 0 Å². The Kier molecular flexibility index (Phi) is 3.36. The van der Waals surface area contributed by atoms with Gasteiger partial charge in [-0.1, -0.05) is 6.92 Å². The quantitative estimate of drug-likeness (QED) is 0.814. The first-order chi connectivity index (χ1) is 8.54. The molecule has 2 amide bonds. The fraction of sp³-hybridized carbons (Fsp3) is 0.429. The highest BCUT2D eigenvalue weighted by Gasteiger charge is 2.27. The van der Waals surface area contributed by atoms with Crippen LogP contribution in [0.4, 0.5) is 5.69 Å². The molecule has 0 fully saturated rings. The summed E-state index contributed by atoms with van der Waals surface area (Å²) in [7, 11) is 3.45. The maximum absolute atomic E-state index is 11.9. The van der Waals surface area contributed by atoms with Gasteiger partial charge in [0.05, 0.1) is 6.42 Å². The van der Waals surface area contributed by atoms with Crippen molar-refractivity contribution in [2.45, 2.75) is 19.8 Å². The lowest BCUT2D eigenvalue weighted by atomic mass is 10.1. The fourth-order valence-electron chi connectivity index (χ4n) is 2.24. The smallest absolute Gasteiger partial charge is 0.253 e. The van der Waals surface area contributed by atoms with Crippen LogP contribution < -0.4 is 4.90 Å². The lowest BCUT2D eigenvalue weighted by molar-refractivity contribution is -0.117. The summed E-state index contributed by atoms with van der Waals surface area (Å²) in [6.07, 6.45) is 1.34. The van der Waals surface area contributed by atoms with Gasteiger partial charge in [-0.2, -0.15) is 0 Å². The number of amides is 2. The SMILES string of the molecule is CCCN1C(=O)Cc2cc(C(=O)N(C)C)ccc21. The molecule has 0 atom stereocenters. The number of hydrogen-bond acceptors (Lipinski definition) is 2. The third-order valence-electron chi connectivity index (χ3n) is 3.11. The van der Waals surface area contributed by atoms with Crippen LogP contribution in [0.3, 0.4) is 0 Å². The molecule has 0 unspecified atom stereocenters. The zero-order valence-corrected chi connectivity index (χ0v) is 11.1. The van der Waals surface area contributed by atoms with E-state index in [1.54, 1.807) is 30.0 Å². The average molecular weight is 246 g/mol. The third kappa shape index (κ3) is 2.10. The molecule has 0 aromatic heterocycles. The maximum Gasteiger partial charge on any atom is 0.253 e. The van der Waals surface area contributed by atoms with E-state index in [1.807, 2.05) is 12.1 Å². The van der Waals surface area contributed by atoms with Crippen molar-refractivity contribution in [1.29, 1.82) is 0 Å². The average Bonchev–Trinajstić information content (AvgIpc) is 2.64. The Hall–Kier alpha value is -1.84. The molecule has 0 aliphatic carbocycles. The van der Waals surface area contributed by atoms with Crippen LogP contribution in [0.5, 0.6) is 0 Å². The molecule has 18 heavy (non-hydrogen) atoms. The first-order valence-electron chi connectivity index (χ1n) is 6.19. The van der Waals surface area contributed by atoms with E-state index in [4.69, 9.17) is 0 Å². The summed E-state index contributed by atoms with van der Waals surface area (Å²) in [5.74, 6) is 0.0977. The van der Waals surface area contributed by atoms with Crippen molar-refractivity contribution < 1.29 is 9.59 Å². The Bertz CT molecular complexity index is 495. The highest BCUT2D eigenvalue weighted by Crippen LogP contribution is 2.30. The van der Waals surface area contributed by atoms with Crippen molar-refractivity contribution in [2.75, 3.05) is 25.5 Å². The highest BCUT2D eigenvalue weighted by atomic mass is 16.2. The predicted molar refractivity (Wildman–Crippen MR) is 70.8 cm³/mol. The second-order valence-corrected chi connectivity index (χ2v) is 4.77. The largest absolute Gasteiger partial charge is 0.345 e. The molecule has 0 saturated heterocycles. The van der Waals surface area contributed by atoms with Crippen LogP contribution in [-0.4, -0.2) is 37.4 Å². The van der Waals surface area contributed by atoms with Crippen LogP contribution in [0.25, 0.3) is 0 Å². The van der Waals surface area contributed by atoms with E-state index in [9.17, 15) is 9.59 Å². The van der Waals surface area contributed by atoms with Gasteiger partial charge in [-0.15, -0.1) is 0 Å². The monoisotopic (exact) mass is 246 g/mol. The molecule has 0 radical (unpaired) electrons. The van der Waals surface area contributed by atoms with Gasteiger partial charge in [0.25, 0.3) is 5.91 Å². The maximum atomic E-state index is 11.9. The molecule has 96 valence electrons. The molecule has 1 aliphatic rings. The summed E-state index contributed by atoms with van der Waals surface area (Å²) < 4.78 is 0. The molecule has 1 aromatic rings. The van der Waals surface area contributed by atoms with Gasteiger partial charge in [0.2, 0.25) is 5.91 Å². The Morgan fingerprint density at radius 1 is 1.39 bits per heavy atom. The Balaban J connectivity index is 2.33. The van der Waals surface area contributed by atoms with E-state index in [-0.39, 0.29) is 11.8 Å². The Morgan fingerprint density at radius 2 is 2.11 bits per heavy atom. The van der Waals surface area contributed by atoms with Crippen molar-refractivity contribution in [3.63, 3.8) is 0 Å².